The van der Waals surface area contributed by atoms with Gasteiger partial charge in [0.25, 0.3) is 0 Å². The second-order valence-electron chi connectivity index (χ2n) is 11.3. The van der Waals surface area contributed by atoms with E-state index in [4.69, 9.17) is 16.6 Å². The molecule has 1 amide bonds. The normalized spacial score (nSPS) is 18.1. The Morgan fingerprint density at radius 2 is 1.82 bits per heavy atom. The van der Waals surface area contributed by atoms with Crippen molar-refractivity contribution >= 4 is 50.2 Å². The summed E-state index contributed by atoms with van der Waals surface area (Å²) in [6.07, 6.45) is 9.19. The van der Waals surface area contributed by atoms with Crippen LogP contribution >= 0.6 is 11.6 Å². The summed E-state index contributed by atoms with van der Waals surface area (Å²) in [5.41, 5.74) is 2.69. The smallest absolute Gasteiger partial charge is 0.243 e. The fourth-order valence-electron chi connectivity index (χ4n) is 5.94. The van der Waals surface area contributed by atoms with Crippen LogP contribution in [0.3, 0.4) is 0 Å². The Labute approximate surface area is 236 Å². The summed E-state index contributed by atoms with van der Waals surface area (Å²) in [7, 11) is -0.0580. The predicted octanol–water partition coefficient (Wildman–Crippen LogP) is 6.12. The first-order valence-electron chi connectivity index (χ1n) is 13.9. The van der Waals surface area contributed by atoms with Crippen LogP contribution in [-0.4, -0.2) is 41.3 Å². The number of rotatable bonds is 8. The molecule has 2 aliphatic rings. The molecule has 0 radical (unpaired) electrons. The number of aryl methyl sites for hydroxylation is 1. The fraction of sp³-hybridized carbons (Fsp3) is 0.517. The van der Waals surface area contributed by atoms with Crippen LogP contribution in [0.4, 0.5) is 11.6 Å². The summed E-state index contributed by atoms with van der Waals surface area (Å²) in [5.74, 6) is 0.646. The van der Waals surface area contributed by atoms with E-state index in [0.29, 0.717) is 28.7 Å². The Kier molecular flexibility index (Phi) is 7.95. The topological polar surface area (TPSA) is 96.3 Å². The summed E-state index contributed by atoms with van der Waals surface area (Å²) in [5, 5.41) is 6.94. The molecule has 0 spiro atoms. The van der Waals surface area contributed by atoms with Gasteiger partial charge in [-0.2, -0.15) is 4.31 Å². The van der Waals surface area contributed by atoms with Crippen molar-refractivity contribution in [3.05, 3.63) is 47.0 Å². The van der Waals surface area contributed by atoms with Crippen LogP contribution in [0.1, 0.15) is 70.3 Å². The largest absolute Gasteiger partial charge is 0.352 e. The number of anilines is 2. The fourth-order valence-corrected chi connectivity index (χ4v) is 7.54. The summed E-state index contributed by atoms with van der Waals surface area (Å²) >= 11 is 6.51. The first-order chi connectivity index (χ1) is 18.6. The Hall–Kier alpha value is -2.62. The molecule has 1 aromatic heterocycles. The SMILES string of the molecule is CN(C1CCCC1)S(=O)(=O)c1ccc2c(c1)nc(Nc1cc(CNC(=O)C3(C)CCCCC3)ccc1Cl)n2C. The van der Waals surface area contributed by atoms with Crippen LogP contribution in [0.15, 0.2) is 41.3 Å². The van der Waals surface area contributed by atoms with Gasteiger partial charge in [0.15, 0.2) is 0 Å². The Morgan fingerprint density at radius 3 is 2.54 bits per heavy atom. The zero-order valence-corrected chi connectivity index (χ0v) is 24.5. The van der Waals surface area contributed by atoms with Crippen molar-refractivity contribution in [3.63, 3.8) is 0 Å². The third kappa shape index (κ3) is 5.67. The van der Waals surface area contributed by atoms with Gasteiger partial charge in [0.05, 0.1) is 26.6 Å². The molecule has 2 saturated carbocycles. The highest BCUT2D eigenvalue weighted by atomic mass is 35.5. The van der Waals surface area contributed by atoms with E-state index in [-0.39, 0.29) is 22.3 Å². The number of imidazole rings is 1. The highest BCUT2D eigenvalue weighted by molar-refractivity contribution is 7.89. The molecular formula is C29H38ClN5O3S. The number of nitrogens with zero attached hydrogens (tertiary/aromatic N) is 3. The van der Waals surface area contributed by atoms with Crippen LogP contribution in [0, 0.1) is 5.41 Å². The molecule has 0 saturated heterocycles. The van der Waals surface area contributed by atoms with E-state index >= 15 is 0 Å². The third-order valence-corrected chi connectivity index (χ3v) is 10.8. The number of hydrogen-bond donors (Lipinski definition) is 2. The number of sulfonamides is 1. The molecule has 39 heavy (non-hydrogen) atoms. The molecule has 2 fully saturated rings. The van der Waals surface area contributed by atoms with Gasteiger partial charge in [-0.1, -0.05) is 56.7 Å². The molecule has 1 heterocycles. The van der Waals surface area contributed by atoms with Gasteiger partial charge in [-0.25, -0.2) is 13.4 Å². The monoisotopic (exact) mass is 571 g/mol. The number of fused-ring (bicyclic) bond motifs is 1. The molecule has 2 N–H and O–H groups in total. The van der Waals surface area contributed by atoms with E-state index in [0.717, 1.165) is 62.4 Å². The Morgan fingerprint density at radius 1 is 1.10 bits per heavy atom. The van der Waals surface area contributed by atoms with Crippen LogP contribution in [0.25, 0.3) is 11.0 Å². The van der Waals surface area contributed by atoms with Gasteiger partial charge in [0, 0.05) is 32.1 Å². The molecule has 0 aliphatic heterocycles. The van der Waals surface area contributed by atoms with Gasteiger partial charge in [0.2, 0.25) is 21.9 Å². The standard InChI is InChI=1S/C29H38ClN5O3S/c1-29(15-7-4-8-16-29)27(36)31-19-20-11-13-23(30)24(17-20)32-28-33-25-18-22(12-14-26(25)34(28)2)39(37,38)35(3)21-9-5-6-10-21/h11-14,17-18,21H,4-10,15-16,19H2,1-3H3,(H,31,36)(H,32,33). The zero-order chi connectivity index (χ0) is 27.8. The van der Waals surface area contributed by atoms with Gasteiger partial charge < -0.3 is 15.2 Å². The van der Waals surface area contributed by atoms with Crippen molar-refractivity contribution in [3.8, 4) is 0 Å². The molecule has 3 aromatic rings. The highest BCUT2D eigenvalue weighted by Crippen LogP contribution is 2.36. The number of halogens is 1. The summed E-state index contributed by atoms with van der Waals surface area (Å²) in [6, 6.07) is 10.8. The van der Waals surface area contributed by atoms with Gasteiger partial charge in [0.1, 0.15) is 0 Å². The van der Waals surface area contributed by atoms with E-state index in [1.165, 1.54) is 10.7 Å². The van der Waals surface area contributed by atoms with Gasteiger partial charge in [-0.15, -0.1) is 0 Å². The second kappa shape index (κ2) is 11.1. The molecule has 0 unspecified atom stereocenters. The maximum Gasteiger partial charge on any atom is 0.243 e. The van der Waals surface area contributed by atoms with Crippen molar-refractivity contribution in [1.29, 1.82) is 0 Å². The molecular weight excluding hydrogens is 534 g/mol. The van der Waals surface area contributed by atoms with Crippen molar-refractivity contribution in [2.24, 2.45) is 12.5 Å². The lowest BCUT2D eigenvalue weighted by Crippen LogP contribution is -2.39. The lowest BCUT2D eigenvalue weighted by Gasteiger charge is -2.32. The lowest BCUT2D eigenvalue weighted by molar-refractivity contribution is -0.132. The quantitative estimate of drug-likeness (QED) is 0.339. The highest BCUT2D eigenvalue weighted by Gasteiger charge is 2.34. The lowest BCUT2D eigenvalue weighted by atomic mass is 9.75. The van der Waals surface area contributed by atoms with Gasteiger partial charge in [-0.3, -0.25) is 4.79 Å². The van der Waals surface area contributed by atoms with Crippen LogP contribution in [-0.2, 0) is 28.4 Å². The number of hydrogen-bond acceptors (Lipinski definition) is 5. The van der Waals surface area contributed by atoms with E-state index in [2.05, 4.69) is 17.6 Å². The number of carbonyl (C=O) groups excluding carboxylic acids is 1. The van der Waals surface area contributed by atoms with Crippen molar-refractivity contribution in [2.45, 2.75) is 82.2 Å². The maximum atomic E-state index is 13.3. The first kappa shape index (κ1) is 27.9. The van der Waals surface area contributed by atoms with E-state index in [1.54, 1.807) is 31.3 Å². The Balaban J connectivity index is 1.33. The second-order valence-corrected chi connectivity index (χ2v) is 13.8. The van der Waals surface area contributed by atoms with Crippen LogP contribution in [0.5, 0.6) is 0 Å². The number of nitrogens with one attached hydrogen (secondary N) is 2. The molecule has 10 heteroatoms. The maximum absolute atomic E-state index is 13.3. The van der Waals surface area contributed by atoms with Crippen molar-refractivity contribution in [1.82, 2.24) is 19.2 Å². The average molecular weight is 572 g/mol. The average Bonchev–Trinajstić information content (AvgIpc) is 3.57. The summed E-state index contributed by atoms with van der Waals surface area (Å²) in [6.45, 7) is 2.48. The minimum absolute atomic E-state index is 0.0522. The summed E-state index contributed by atoms with van der Waals surface area (Å²) < 4.78 is 30.0. The molecule has 210 valence electrons. The van der Waals surface area contributed by atoms with Crippen molar-refractivity contribution < 1.29 is 13.2 Å². The molecule has 0 atom stereocenters. The minimum Gasteiger partial charge on any atom is -0.352 e. The number of benzene rings is 2. The molecule has 5 rings (SSSR count). The van der Waals surface area contributed by atoms with E-state index in [9.17, 15) is 13.2 Å². The van der Waals surface area contributed by atoms with Gasteiger partial charge in [-0.05, 0) is 61.6 Å². The predicted molar refractivity (Wildman–Crippen MR) is 156 cm³/mol. The molecule has 8 nitrogen and oxygen atoms in total. The molecule has 2 aliphatic carbocycles. The van der Waals surface area contributed by atoms with Gasteiger partial charge >= 0.3 is 0 Å². The van der Waals surface area contributed by atoms with Crippen LogP contribution in [0.2, 0.25) is 5.02 Å². The number of carbonyl (C=O) groups is 1. The van der Waals surface area contributed by atoms with Crippen LogP contribution < -0.4 is 10.6 Å². The number of aromatic nitrogens is 2. The van der Waals surface area contributed by atoms with E-state index in [1.807, 2.05) is 23.7 Å². The first-order valence-corrected chi connectivity index (χ1v) is 15.7. The van der Waals surface area contributed by atoms with E-state index < -0.39 is 10.0 Å². The zero-order valence-electron chi connectivity index (χ0n) is 23.0. The minimum atomic E-state index is -3.61. The Bertz CT molecular complexity index is 1470. The number of amides is 1. The van der Waals surface area contributed by atoms with Crippen molar-refractivity contribution in [2.75, 3.05) is 12.4 Å². The molecule has 2 aromatic carbocycles. The molecule has 0 bridgehead atoms. The summed E-state index contributed by atoms with van der Waals surface area (Å²) in [4.78, 5) is 17.8. The third-order valence-electron chi connectivity index (χ3n) is 8.60.